The van der Waals surface area contributed by atoms with E-state index in [1.807, 2.05) is 0 Å². The zero-order valence-electron chi connectivity index (χ0n) is 13.8. The molecule has 8 nitrogen and oxygen atoms in total. The first-order valence-electron chi connectivity index (χ1n) is 8.02. The number of imide groups is 1. The summed E-state index contributed by atoms with van der Waals surface area (Å²) < 4.78 is 0. The molecule has 0 radical (unpaired) electrons. The molecule has 1 spiro atoms. The molecule has 1 fully saturated rings. The number of nitro benzene ring substituents is 1. The number of oxime groups is 1. The van der Waals surface area contributed by atoms with Crippen LogP contribution in [-0.2, 0) is 14.4 Å². The summed E-state index contributed by atoms with van der Waals surface area (Å²) >= 11 is 5.96. The minimum atomic E-state index is -1.39. The Morgan fingerprint density at radius 1 is 1.15 bits per heavy atom. The molecular formula is C18H12ClN3O5. The van der Waals surface area contributed by atoms with Gasteiger partial charge in [-0.15, -0.1) is 0 Å². The molecule has 4 rings (SSSR count). The molecule has 1 atom stereocenters. The van der Waals surface area contributed by atoms with Crippen LogP contribution in [0.2, 0.25) is 5.02 Å². The van der Waals surface area contributed by atoms with E-state index in [0.717, 1.165) is 4.90 Å². The van der Waals surface area contributed by atoms with Crippen molar-refractivity contribution in [3.05, 3.63) is 69.2 Å². The maximum Gasteiger partial charge on any atom is 0.281 e. The van der Waals surface area contributed by atoms with E-state index in [2.05, 4.69) is 5.16 Å². The molecule has 0 saturated carbocycles. The monoisotopic (exact) mass is 385 g/mol. The minimum absolute atomic E-state index is 0.0489. The number of benzene rings is 2. The Balaban J connectivity index is 1.58. The number of non-ortho nitro benzene ring substituents is 1. The highest BCUT2D eigenvalue weighted by atomic mass is 35.5. The topological polar surface area (TPSA) is 102 Å². The van der Waals surface area contributed by atoms with Crippen LogP contribution >= 0.6 is 11.6 Å². The van der Waals surface area contributed by atoms with Gasteiger partial charge in [0, 0.05) is 23.6 Å². The smallest absolute Gasteiger partial charge is 0.281 e. The molecule has 2 aromatic carbocycles. The van der Waals surface area contributed by atoms with Crippen LogP contribution in [0.15, 0.2) is 53.7 Å². The number of nitro groups is 1. The first-order valence-corrected chi connectivity index (χ1v) is 8.40. The van der Waals surface area contributed by atoms with E-state index in [1.165, 1.54) is 30.3 Å². The van der Waals surface area contributed by atoms with Gasteiger partial charge < -0.3 is 4.84 Å². The van der Waals surface area contributed by atoms with Crippen molar-refractivity contribution in [2.24, 2.45) is 5.16 Å². The first-order chi connectivity index (χ1) is 12.9. The molecule has 136 valence electrons. The predicted octanol–water partition coefficient (Wildman–Crippen LogP) is 3.07. The minimum Gasteiger partial charge on any atom is -0.378 e. The number of hydrogen-bond acceptors (Lipinski definition) is 6. The molecule has 2 aliphatic rings. The summed E-state index contributed by atoms with van der Waals surface area (Å²) in [4.78, 5) is 42.2. The quantitative estimate of drug-likeness (QED) is 0.459. The fraction of sp³-hybridized carbons (Fsp3) is 0.167. The van der Waals surface area contributed by atoms with Crippen molar-refractivity contribution in [2.75, 3.05) is 4.90 Å². The number of anilines is 1. The van der Waals surface area contributed by atoms with Gasteiger partial charge in [-0.2, -0.15) is 0 Å². The Bertz CT molecular complexity index is 1000. The van der Waals surface area contributed by atoms with E-state index in [-0.39, 0.29) is 18.5 Å². The van der Waals surface area contributed by atoms with E-state index < -0.39 is 22.3 Å². The highest BCUT2D eigenvalue weighted by Gasteiger charge is 2.58. The molecule has 0 aliphatic carbocycles. The molecule has 1 saturated heterocycles. The normalized spacial score (nSPS) is 21.5. The van der Waals surface area contributed by atoms with Crippen LogP contribution in [0.4, 0.5) is 11.4 Å². The maximum atomic E-state index is 12.9. The Hall–Kier alpha value is -3.26. The highest BCUT2D eigenvalue weighted by Crippen LogP contribution is 2.39. The number of halogens is 1. The summed E-state index contributed by atoms with van der Waals surface area (Å²) in [5.41, 5.74) is -0.0110. The molecule has 2 amide bonds. The summed E-state index contributed by atoms with van der Waals surface area (Å²) in [5, 5.41) is 15.1. The Morgan fingerprint density at radius 3 is 2.56 bits per heavy atom. The van der Waals surface area contributed by atoms with Gasteiger partial charge in [-0.05, 0) is 35.9 Å². The summed E-state index contributed by atoms with van der Waals surface area (Å²) in [6.07, 6.45) is -0.0369. The SMILES string of the molecule is O=C1C[C@]2(CC(c3ccc([N+](=O)[O-])cc3)=NO2)C(=O)N1c1cccc(Cl)c1. The average molecular weight is 386 g/mol. The van der Waals surface area contributed by atoms with Gasteiger partial charge in [0.15, 0.2) is 0 Å². The third-order valence-electron chi connectivity index (χ3n) is 4.54. The predicted molar refractivity (Wildman–Crippen MR) is 96.6 cm³/mol. The second kappa shape index (κ2) is 6.17. The zero-order valence-corrected chi connectivity index (χ0v) is 14.5. The van der Waals surface area contributed by atoms with Crippen molar-refractivity contribution in [1.29, 1.82) is 0 Å². The van der Waals surface area contributed by atoms with Crippen molar-refractivity contribution in [2.45, 2.75) is 18.4 Å². The van der Waals surface area contributed by atoms with Crippen molar-refractivity contribution in [1.82, 2.24) is 0 Å². The molecule has 2 aromatic rings. The van der Waals surface area contributed by atoms with Crippen molar-refractivity contribution in [3.63, 3.8) is 0 Å². The van der Waals surface area contributed by atoms with Gasteiger partial charge in [0.1, 0.15) is 0 Å². The van der Waals surface area contributed by atoms with Crippen LogP contribution in [-0.4, -0.2) is 28.1 Å². The largest absolute Gasteiger partial charge is 0.378 e. The van der Waals surface area contributed by atoms with Gasteiger partial charge >= 0.3 is 0 Å². The van der Waals surface area contributed by atoms with Crippen LogP contribution in [0.25, 0.3) is 0 Å². The van der Waals surface area contributed by atoms with Gasteiger partial charge in [-0.25, -0.2) is 4.90 Å². The average Bonchev–Trinajstić information content (AvgIpc) is 3.17. The molecule has 0 bridgehead atoms. The van der Waals surface area contributed by atoms with E-state index in [0.29, 0.717) is 22.0 Å². The maximum absolute atomic E-state index is 12.9. The summed E-state index contributed by atoms with van der Waals surface area (Å²) in [6, 6.07) is 12.2. The van der Waals surface area contributed by atoms with E-state index >= 15 is 0 Å². The molecular weight excluding hydrogens is 374 g/mol. The van der Waals surface area contributed by atoms with Gasteiger partial charge in [0.05, 0.1) is 22.7 Å². The number of carbonyl (C=O) groups is 2. The lowest BCUT2D eigenvalue weighted by Crippen LogP contribution is -2.40. The standard InChI is InChI=1S/C18H12ClN3O5/c19-12-2-1-3-14(8-12)21-16(23)10-18(17(21)24)9-15(20-27-18)11-4-6-13(7-5-11)22(25)26/h1-8H,9-10H2/t18-/m1/s1. The van der Waals surface area contributed by atoms with Crippen LogP contribution in [0, 0.1) is 10.1 Å². The second-order valence-electron chi connectivity index (χ2n) is 6.30. The van der Waals surface area contributed by atoms with Gasteiger partial charge in [0.25, 0.3) is 11.6 Å². The van der Waals surface area contributed by atoms with Gasteiger partial charge in [0.2, 0.25) is 11.5 Å². The van der Waals surface area contributed by atoms with Gasteiger partial charge in [-0.3, -0.25) is 19.7 Å². The molecule has 0 unspecified atom stereocenters. The van der Waals surface area contributed by atoms with E-state index in [9.17, 15) is 19.7 Å². The lowest BCUT2D eigenvalue weighted by Gasteiger charge is -2.19. The van der Waals surface area contributed by atoms with Crippen LogP contribution in [0.1, 0.15) is 18.4 Å². The summed E-state index contributed by atoms with van der Waals surface area (Å²) in [6.45, 7) is 0. The lowest BCUT2D eigenvalue weighted by molar-refractivity contribution is -0.384. The fourth-order valence-electron chi connectivity index (χ4n) is 3.21. The van der Waals surface area contributed by atoms with Crippen LogP contribution < -0.4 is 4.90 Å². The molecule has 9 heteroatoms. The number of carbonyl (C=O) groups excluding carboxylic acids is 2. The van der Waals surface area contributed by atoms with E-state index in [1.54, 1.807) is 18.2 Å². The Labute approximate surface area is 158 Å². The molecule has 2 aliphatic heterocycles. The fourth-order valence-corrected chi connectivity index (χ4v) is 3.39. The molecule has 0 N–H and O–H groups in total. The molecule has 2 heterocycles. The van der Waals surface area contributed by atoms with Crippen molar-refractivity contribution < 1.29 is 19.3 Å². The highest BCUT2D eigenvalue weighted by molar-refractivity contribution is 6.31. The number of nitrogens with zero attached hydrogens (tertiary/aromatic N) is 3. The summed E-state index contributed by atoms with van der Waals surface area (Å²) in [7, 11) is 0. The van der Waals surface area contributed by atoms with Gasteiger partial charge in [-0.1, -0.05) is 22.8 Å². The Kier molecular flexibility index (Phi) is 3.92. The number of amides is 2. The second-order valence-corrected chi connectivity index (χ2v) is 6.73. The van der Waals surface area contributed by atoms with Crippen LogP contribution in [0.3, 0.4) is 0 Å². The first kappa shape index (κ1) is 17.2. The number of rotatable bonds is 3. The van der Waals surface area contributed by atoms with Crippen molar-refractivity contribution >= 4 is 40.5 Å². The number of hydrogen-bond donors (Lipinski definition) is 0. The molecule has 27 heavy (non-hydrogen) atoms. The summed E-state index contributed by atoms with van der Waals surface area (Å²) in [5.74, 6) is -0.905. The van der Waals surface area contributed by atoms with E-state index in [4.69, 9.17) is 16.4 Å². The van der Waals surface area contributed by atoms with Crippen molar-refractivity contribution in [3.8, 4) is 0 Å². The zero-order chi connectivity index (χ0) is 19.2. The lowest BCUT2D eigenvalue weighted by atomic mass is 9.92. The third-order valence-corrected chi connectivity index (χ3v) is 4.78. The Morgan fingerprint density at radius 2 is 1.89 bits per heavy atom. The van der Waals surface area contributed by atoms with Crippen LogP contribution in [0.5, 0.6) is 0 Å². The molecule has 0 aromatic heterocycles. The third kappa shape index (κ3) is 2.83.